The molecule has 0 aliphatic rings. The van der Waals surface area contributed by atoms with E-state index in [1.165, 1.54) is 12.7 Å². The van der Waals surface area contributed by atoms with Gasteiger partial charge in [-0.05, 0) is 28.3 Å². The van der Waals surface area contributed by atoms with Crippen molar-refractivity contribution in [2.75, 3.05) is 12.9 Å². The van der Waals surface area contributed by atoms with Gasteiger partial charge in [-0.15, -0.1) is 0 Å². The SMILES string of the molecule is COC(=O)C(N)CSCc1ccc(-c2ccc(-c3cccc4c3oc3ccccc34)cc2)cc1. The quantitative estimate of drug-likeness (QED) is 0.271. The molecule has 1 heterocycles. The van der Waals surface area contributed by atoms with E-state index in [4.69, 9.17) is 10.2 Å². The molecule has 4 nitrogen and oxygen atoms in total. The van der Waals surface area contributed by atoms with Gasteiger partial charge >= 0.3 is 5.97 Å². The maximum atomic E-state index is 11.4. The molecule has 5 rings (SSSR count). The van der Waals surface area contributed by atoms with Crippen molar-refractivity contribution < 1.29 is 13.9 Å². The number of ether oxygens (including phenoxy) is 1. The number of nitrogens with two attached hydrogens (primary N) is 1. The Balaban J connectivity index is 1.31. The fourth-order valence-corrected chi connectivity index (χ4v) is 5.07. The predicted molar refractivity (Wildman–Crippen MR) is 141 cm³/mol. The number of thioether (sulfide) groups is 1. The molecule has 1 aromatic heterocycles. The molecule has 5 heteroatoms. The zero-order valence-corrected chi connectivity index (χ0v) is 19.7. The summed E-state index contributed by atoms with van der Waals surface area (Å²) in [6.45, 7) is 0. The number of carbonyl (C=O) groups is 1. The molecule has 0 radical (unpaired) electrons. The molecule has 0 bridgehead atoms. The minimum absolute atomic E-state index is 0.372. The molecule has 170 valence electrons. The number of hydrogen-bond donors (Lipinski definition) is 1. The largest absolute Gasteiger partial charge is 0.468 e. The normalized spacial score (nSPS) is 12.2. The van der Waals surface area contributed by atoms with Crippen LogP contribution in [0.5, 0.6) is 0 Å². The first-order valence-corrected chi connectivity index (χ1v) is 12.3. The Kier molecular flexibility index (Phi) is 6.39. The zero-order chi connectivity index (χ0) is 23.5. The average molecular weight is 468 g/mol. The molecule has 4 aromatic carbocycles. The number of hydrogen-bond acceptors (Lipinski definition) is 5. The van der Waals surface area contributed by atoms with Gasteiger partial charge in [0.2, 0.25) is 0 Å². The van der Waals surface area contributed by atoms with Crippen LogP contribution in [0.1, 0.15) is 5.56 Å². The van der Waals surface area contributed by atoms with Crippen molar-refractivity contribution in [3.05, 3.63) is 96.6 Å². The van der Waals surface area contributed by atoms with Crippen molar-refractivity contribution in [1.82, 2.24) is 0 Å². The number of esters is 1. The standard InChI is InChI=1S/C29H25NO3S/c1-32-29(31)26(30)18-34-17-19-9-11-20(12-10-19)21-13-15-22(16-14-21)23-6-4-7-25-24-5-2-3-8-27(24)33-28(23)25/h2-16,26H,17-18,30H2,1H3. The second-order valence-electron chi connectivity index (χ2n) is 8.20. The van der Waals surface area contributed by atoms with E-state index in [-0.39, 0.29) is 5.97 Å². The van der Waals surface area contributed by atoms with Crippen molar-refractivity contribution in [3.8, 4) is 22.3 Å². The first-order chi connectivity index (χ1) is 16.6. The van der Waals surface area contributed by atoms with Gasteiger partial charge in [-0.1, -0.05) is 84.9 Å². The summed E-state index contributed by atoms with van der Waals surface area (Å²) in [6.07, 6.45) is 0. The highest BCUT2D eigenvalue weighted by atomic mass is 32.2. The minimum atomic E-state index is -0.585. The van der Waals surface area contributed by atoms with Gasteiger partial charge in [-0.25, -0.2) is 0 Å². The topological polar surface area (TPSA) is 65.5 Å². The second kappa shape index (κ2) is 9.75. The Bertz CT molecular complexity index is 1440. The summed E-state index contributed by atoms with van der Waals surface area (Å²) in [4.78, 5) is 11.4. The van der Waals surface area contributed by atoms with Gasteiger partial charge in [-0.2, -0.15) is 11.8 Å². The van der Waals surface area contributed by atoms with Crippen LogP contribution in [0.3, 0.4) is 0 Å². The third kappa shape index (κ3) is 4.45. The van der Waals surface area contributed by atoms with Crippen molar-refractivity contribution >= 4 is 39.7 Å². The lowest BCUT2D eigenvalue weighted by Crippen LogP contribution is -2.33. The van der Waals surface area contributed by atoms with Crippen LogP contribution >= 0.6 is 11.8 Å². The Morgan fingerprint density at radius 2 is 1.50 bits per heavy atom. The summed E-state index contributed by atoms with van der Waals surface area (Å²) >= 11 is 1.63. The Labute approximate surface area is 202 Å². The van der Waals surface area contributed by atoms with Crippen LogP contribution in [-0.4, -0.2) is 24.9 Å². The van der Waals surface area contributed by atoms with Crippen molar-refractivity contribution in [2.45, 2.75) is 11.8 Å². The molecule has 34 heavy (non-hydrogen) atoms. The highest BCUT2D eigenvalue weighted by Gasteiger charge is 2.14. The van der Waals surface area contributed by atoms with Crippen LogP contribution in [-0.2, 0) is 15.3 Å². The van der Waals surface area contributed by atoms with E-state index in [0.717, 1.165) is 49.9 Å². The van der Waals surface area contributed by atoms with Gasteiger partial charge in [0.1, 0.15) is 17.2 Å². The molecule has 1 atom stereocenters. The minimum Gasteiger partial charge on any atom is -0.468 e. The number of carbonyl (C=O) groups excluding carboxylic acids is 1. The lowest BCUT2D eigenvalue weighted by Gasteiger charge is -2.09. The summed E-state index contributed by atoms with van der Waals surface area (Å²) in [6, 6.07) is 31.0. The second-order valence-corrected chi connectivity index (χ2v) is 9.23. The number of methoxy groups -OCH3 is 1. The molecule has 0 spiro atoms. The van der Waals surface area contributed by atoms with Gasteiger partial charge in [0.05, 0.1) is 7.11 Å². The molecule has 1 unspecified atom stereocenters. The van der Waals surface area contributed by atoms with E-state index in [2.05, 4.69) is 77.5 Å². The van der Waals surface area contributed by atoms with Crippen molar-refractivity contribution in [3.63, 3.8) is 0 Å². The smallest absolute Gasteiger partial charge is 0.323 e. The van der Waals surface area contributed by atoms with Gasteiger partial charge in [0.15, 0.2) is 0 Å². The summed E-state index contributed by atoms with van der Waals surface area (Å²) in [5.74, 6) is 0.960. The summed E-state index contributed by atoms with van der Waals surface area (Å²) < 4.78 is 10.9. The fraction of sp³-hybridized carbons (Fsp3) is 0.138. The lowest BCUT2D eigenvalue weighted by molar-refractivity contribution is -0.141. The van der Waals surface area contributed by atoms with Gasteiger partial charge in [-0.3, -0.25) is 4.79 Å². The van der Waals surface area contributed by atoms with Crippen LogP contribution in [0.25, 0.3) is 44.2 Å². The first kappa shape index (κ1) is 22.3. The molecule has 0 amide bonds. The highest BCUT2D eigenvalue weighted by Crippen LogP contribution is 2.36. The van der Waals surface area contributed by atoms with E-state index in [1.54, 1.807) is 11.8 Å². The monoisotopic (exact) mass is 467 g/mol. The number of furan rings is 1. The summed E-state index contributed by atoms with van der Waals surface area (Å²) in [5.41, 5.74) is 13.4. The first-order valence-electron chi connectivity index (χ1n) is 11.2. The Morgan fingerprint density at radius 3 is 2.24 bits per heavy atom. The van der Waals surface area contributed by atoms with E-state index < -0.39 is 6.04 Å². The molecule has 0 aliphatic carbocycles. The predicted octanol–water partition coefficient (Wildman–Crippen LogP) is 6.65. The van der Waals surface area contributed by atoms with E-state index in [0.29, 0.717) is 5.75 Å². The van der Waals surface area contributed by atoms with Crippen molar-refractivity contribution in [2.24, 2.45) is 5.73 Å². The molecular formula is C29H25NO3S. The molecule has 5 aromatic rings. The van der Waals surface area contributed by atoms with Crippen LogP contribution in [0, 0.1) is 0 Å². The fourth-order valence-electron chi connectivity index (χ4n) is 4.13. The number of fused-ring (bicyclic) bond motifs is 3. The molecule has 0 fully saturated rings. The number of rotatable bonds is 7. The molecule has 2 N–H and O–H groups in total. The van der Waals surface area contributed by atoms with Gasteiger partial charge in [0, 0.05) is 27.8 Å². The third-order valence-corrected chi connectivity index (χ3v) is 7.09. The summed E-state index contributed by atoms with van der Waals surface area (Å²) in [7, 11) is 1.36. The van der Waals surface area contributed by atoms with Crippen molar-refractivity contribution in [1.29, 1.82) is 0 Å². The Hall–Kier alpha value is -3.54. The molecular weight excluding hydrogens is 442 g/mol. The lowest BCUT2D eigenvalue weighted by atomic mass is 9.98. The van der Waals surface area contributed by atoms with Gasteiger partial charge in [0.25, 0.3) is 0 Å². The van der Waals surface area contributed by atoms with Crippen LogP contribution < -0.4 is 5.73 Å². The van der Waals surface area contributed by atoms with E-state index in [9.17, 15) is 4.79 Å². The van der Waals surface area contributed by atoms with Crippen LogP contribution in [0.15, 0.2) is 95.4 Å². The molecule has 0 saturated heterocycles. The average Bonchev–Trinajstić information content (AvgIpc) is 3.27. The highest BCUT2D eigenvalue weighted by molar-refractivity contribution is 7.98. The number of para-hydroxylation sites is 2. The number of benzene rings is 4. The third-order valence-electron chi connectivity index (χ3n) is 5.96. The Morgan fingerprint density at radius 1 is 0.853 bits per heavy atom. The maximum Gasteiger partial charge on any atom is 0.323 e. The van der Waals surface area contributed by atoms with Crippen LogP contribution in [0.4, 0.5) is 0 Å². The van der Waals surface area contributed by atoms with Crippen LogP contribution in [0.2, 0.25) is 0 Å². The molecule has 0 saturated carbocycles. The summed E-state index contributed by atoms with van der Waals surface area (Å²) in [5, 5.41) is 2.28. The van der Waals surface area contributed by atoms with Gasteiger partial charge < -0.3 is 14.9 Å². The van der Waals surface area contributed by atoms with E-state index >= 15 is 0 Å². The van der Waals surface area contributed by atoms with E-state index in [1.807, 2.05) is 18.2 Å². The maximum absolute atomic E-state index is 11.4. The zero-order valence-electron chi connectivity index (χ0n) is 18.9. The molecule has 0 aliphatic heterocycles.